The molecule has 0 spiro atoms. The number of aromatic carboxylic acids is 1. The van der Waals surface area contributed by atoms with Crippen LogP contribution in [0.3, 0.4) is 0 Å². The predicted octanol–water partition coefficient (Wildman–Crippen LogP) is 5.18. The molecule has 36 heavy (non-hydrogen) atoms. The lowest BCUT2D eigenvalue weighted by Gasteiger charge is -2.23. The van der Waals surface area contributed by atoms with Crippen LogP contribution in [-0.4, -0.2) is 44.1 Å². The first-order valence-electron chi connectivity index (χ1n) is 11.4. The number of pyridine rings is 1. The second-order valence-electron chi connectivity index (χ2n) is 8.67. The zero-order chi connectivity index (χ0) is 25.3. The molecule has 5 rings (SSSR count). The molecule has 0 radical (unpaired) electrons. The van der Waals surface area contributed by atoms with E-state index in [2.05, 4.69) is 32.7 Å². The molecule has 2 aromatic heterocycles. The van der Waals surface area contributed by atoms with E-state index >= 15 is 0 Å². The van der Waals surface area contributed by atoms with Crippen LogP contribution >= 0.6 is 0 Å². The number of piperidine rings is 1. The molecule has 1 fully saturated rings. The number of carboxylic acids is 1. The third-order valence-corrected chi connectivity index (χ3v) is 6.31. The molecule has 1 saturated heterocycles. The molecule has 10 heteroatoms. The first-order chi connectivity index (χ1) is 17.3. The Morgan fingerprint density at radius 3 is 2.22 bits per heavy atom. The number of alkyl halides is 3. The molecule has 2 N–H and O–H groups in total. The van der Waals surface area contributed by atoms with Gasteiger partial charge in [-0.05, 0) is 61.7 Å². The maximum absolute atomic E-state index is 12.9. The summed E-state index contributed by atoms with van der Waals surface area (Å²) in [5, 5.41) is 21.1. The Morgan fingerprint density at radius 2 is 1.58 bits per heavy atom. The molecule has 1 aliphatic heterocycles. The minimum atomic E-state index is -4.43. The van der Waals surface area contributed by atoms with E-state index in [9.17, 15) is 23.1 Å². The van der Waals surface area contributed by atoms with E-state index in [-0.39, 0.29) is 11.4 Å². The highest BCUT2D eigenvalue weighted by Crippen LogP contribution is 2.31. The average Bonchev–Trinajstić information content (AvgIpc) is 3.39. The van der Waals surface area contributed by atoms with E-state index < -0.39 is 17.7 Å². The lowest BCUT2D eigenvalue weighted by molar-refractivity contribution is -0.137. The van der Waals surface area contributed by atoms with Crippen LogP contribution in [0.25, 0.3) is 28.3 Å². The van der Waals surface area contributed by atoms with Crippen LogP contribution in [0.1, 0.15) is 40.2 Å². The van der Waals surface area contributed by atoms with E-state index in [1.54, 1.807) is 0 Å². The summed E-state index contributed by atoms with van der Waals surface area (Å²) >= 11 is 0. The van der Waals surface area contributed by atoms with Crippen molar-refractivity contribution in [3.05, 3.63) is 83.6 Å². The molecule has 7 nitrogen and oxygen atoms in total. The van der Waals surface area contributed by atoms with Gasteiger partial charge < -0.3 is 10.4 Å². The van der Waals surface area contributed by atoms with Gasteiger partial charge in [0.25, 0.3) is 0 Å². The Kier molecular flexibility index (Phi) is 6.27. The normalized spacial score (nSPS) is 14.6. The minimum Gasteiger partial charge on any atom is -0.478 e. The van der Waals surface area contributed by atoms with Crippen molar-refractivity contribution in [2.45, 2.75) is 24.9 Å². The first-order valence-corrected chi connectivity index (χ1v) is 11.4. The molecule has 0 aliphatic carbocycles. The molecule has 0 saturated carbocycles. The van der Waals surface area contributed by atoms with E-state index in [0.29, 0.717) is 22.9 Å². The highest BCUT2D eigenvalue weighted by Gasteiger charge is 2.30. The smallest absolute Gasteiger partial charge is 0.416 e. The van der Waals surface area contributed by atoms with Crippen molar-refractivity contribution in [3.63, 3.8) is 0 Å². The molecule has 4 aromatic rings. The van der Waals surface area contributed by atoms with Crippen LogP contribution in [0.2, 0.25) is 0 Å². The van der Waals surface area contributed by atoms with Gasteiger partial charge in [0.05, 0.1) is 23.0 Å². The first kappa shape index (κ1) is 23.7. The second kappa shape index (κ2) is 9.54. The van der Waals surface area contributed by atoms with Crippen molar-refractivity contribution < 1.29 is 23.1 Å². The van der Waals surface area contributed by atoms with Crippen molar-refractivity contribution >= 4 is 5.97 Å². The van der Waals surface area contributed by atoms with Gasteiger partial charge in [-0.25, -0.2) is 14.5 Å². The fourth-order valence-corrected chi connectivity index (χ4v) is 4.32. The summed E-state index contributed by atoms with van der Waals surface area (Å²) in [5.41, 5.74) is 2.52. The predicted molar refractivity (Wildman–Crippen MR) is 127 cm³/mol. The lowest BCUT2D eigenvalue weighted by Crippen LogP contribution is -2.26. The number of carboxylic acid groups (broad SMARTS) is 1. The van der Waals surface area contributed by atoms with Gasteiger partial charge in [-0.15, -0.1) is 5.10 Å². The summed E-state index contributed by atoms with van der Waals surface area (Å²) in [6, 6.07) is 15.4. The monoisotopic (exact) mass is 493 g/mol. The number of nitrogens with one attached hydrogen (secondary N) is 1. The van der Waals surface area contributed by atoms with Crippen LogP contribution in [0.15, 0.2) is 66.9 Å². The third kappa shape index (κ3) is 4.99. The van der Waals surface area contributed by atoms with Gasteiger partial charge in [-0.2, -0.15) is 13.2 Å². The molecular weight excluding hydrogens is 471 g/mol. The number of hydrogen-bond donors (Lipinski definition) is 2. The number of benzene rings is 2. The molecule has 0 amide bonds. The number of carbonyl (C=O) groups is 1. The van der Waals surface area contributed by atoms with E-state index in [0.717, 1.165) is 43.6 Å². The van der Waals surface area contributed by atoms with Gasteiger partial charge in [-0.3, -0.25) is 0 Å². The topological polar surface area (TPSA) is 92.9 Å². The highest BCUT2D eigenvalue weighted by molar-refractivity contribution is 5.89. The van der Waals surface area contributed by atoms with Crippen LogP contribution in [-0.2, 0) is 6.18 Å². The quantitative estimate of drug-likeness (QED) is 0.398. The largest absolute Gasteiger partial charge is 0.478 e. The van der Waals surface area contributed by atoms with E-state index in [1.807, 2.05) is 12.1 Å². The Morgan fingerprint density at radius 1 is 0.944 bits per heavy atom. The number of rotatable bonds is 5. The summed E-state index contributed by atoms with van der Waals surface area (Å²) in [4.78, 5) is 16.4. The lowest BCUT2D eigenvalue weighted by atomic mass is 9.89. The molecule has 0 unspecified atom stereocenters. The number of aromatic nitrogens is 4. The van der Waals surface area contributed by atoms with Gasteiger partial charge in [-0.1, -0.05) is 41.6 Å². The van der Waals surface area contributed by atoms with Crippen molar-refractivity contribution in [1.82, 2.24) is 25.3 Å². The molecule has 184 valence electrons. The van der Waals surface area contributed by atoms with Crippen LogP contribution in [0, 0.1) is 0 Å². The fourth-order valence-electron chi connectivity index (χ4n) is 4.32. The fraction of sp³-hybridized carbons (Fsp3) is 0.231. The maximum Gasteiger partial charge on any atom is 0.416 e. The molecule has 2 aromatic carbocycles. The van der Waals surface area contributed by atoms with Gasteiger partial charge in [0, 0.05) is 11.1 Å². The van der Waals surface area contributed by atoms with Gasteiger partial charge in [0.2, 0.25) is 0 Å². The zero-order valence-corrected chi connectivity index (χ0v) is 19.0. The Labute approximate surface area is 204 Å². The summed E-state index contributed by atoms with van der Waals surface area (Å²) < 4.78 is 39.9. The van der Waals surface area contributed by atoms with Crippen molar-refractivity contribution in [3.8, 4) is 28.3 Å². The van der Waals surface area contributed by atoms with Crippen molar-refractivity contribution in [2.75, 3.05) is 13.1 Å². The molecule has 3 heterocycles. The van der Waals surface area contributed by atoms with Crippen molar-refractivity contribution in [2.24, 2.45) is 0 Å². The van der Waals surface area contributed by atoms with Crippen LogP contribution in [0.4, 0.5) is 13.2 Å². The van der Waals surface area contributed by atoms with Gasteiger partial charge >= 0.3 is 12.1 Å². The Balaban J connectivity index is 1.45. The Bertz CT molecular complexity index is 1380. The highest BCUT2D eigenvalue weighted by atomic mass is 19.4. The van der Waals surface area contributed by atoms with E-state index in [4.69, 9.17) is 0 Å². The molecule has 1 aliphatic rings. The number of nitrogens with zero attached hydrogens (tertiary/aromatic N) is 4. The van der Waals surface area contributed by atoms with Crippen LogP contribution in [0.5, 0.6) is 0 Å². The summed E-state index contributed by atoms with van der Waals surface area (Å²) in [5.74, 6) is -0.389. The molecular formula is C26H22F3N5O2. The third-order valence-electron chi connectivity index (χ3n) is 6.31. The summed E-state index contributed by atoms with van der Waals surface area (Å²) in [7, 11) is 0. The van der Waals surface area contributed by atoms with Gasteiger partial charge in [0.1, 0.15) is 5.69 Å². The number of hydrogen-bond acceptors (Lipinski definition) is 5. The summed E-state index contributed by atoms with van der Waals surface area (Å²) in [6.45, 7) is 1.98. The van der Waals surface area contributed by atoms with Crippen LogP contribution < -0.4 is 5.32 Å². The number of halogens is 3. The van der Waals surface area contributed by atoms with E-state index in [1.165, 1.54) is 40.7 Å². The zero-order valence-electron chi connectivity index (χ0n) is 19.0. The molecule has 0 atom stereocenters. The summed E-state index contributed by atoms with van der Waals surface area (Å²) in [6.07, 6.45) is -0.784. The Hall–Kier alpha value is -4.05. The van der Waals surface area contributed by atoms with Crippen molar-refractivity contribution in [1.29, 1.82) is 0 Å². The second-order valence-corrected chi connectivity index (χ2v) is 8.67. The molecule has 0 bridgehead atoms. The minimum absolute atomic E-state index is 0.0315. The van der Waals surface area contributed by atoms with Gasteiger partial charge in [0.15, 0.2) is 5.82 Å². The SMILES string of the molecule is O=C(O)c1cc(-c2ccc(C3CCNCC3)cc2)nc(-n2cc(-c3ccc(C(F)(F)F)cc3)nn2)c1. The average molecular weight is 493 g/mol. The standard InChI is InChI=1S/C26H22F3N5O2/c27-26(28,29)21-7-5-19(6-8-21)23-15-34(33-32-23)24-14-20(25(35)36)13-22(31-24)18-3-1-16(2-4-18)17-9-11-30-12-10-17/h1-8,13-15,17,30H,9-12H2,(H,35,36). The maximum atomic E-state index is 12.9.